The third-order valence-corrected chi connectivity index (χ3v) is 7.52. The maximum atomic E-state index is 13.9. The molecule has 4 rings (SSSR count). The summed E-state index contributed by atoms with van der Waals surface area (Å²) in [6.07, 6.45) is 4.45. The molecule has 0 saturated carbocycles. The van der Waals surface area contributed by atoms with Gasteiger partial charge in [0, 0.05) is 41.6 Å². The first-order chi connectivity index (χ1) is 17.8. The number of allylic oxidation sites excluding steroid dienone is 2. The van der Waals surface area contributed by atoms with E-state index in [1.807, 2.05) is 5.38 Å². The smallest absolute Gasteiger partial charge is 0.337 e. The number of rotatable bonds is 8. The summed E-state index contributed by atoms with van der Waals surface area (Å²) < 4.78 is 11.1. The van der Waals surface area contributed by atoms with Gasteiger partial charge in [-0.15, -0.1) is 11.3 Å². The molecule has 10 nitrogen and oxygen atoms in total. The van der Waals surface area contributed by atoms with Crippen LogP contribution in [0.4, 0.5) is 5.69 Å². The molecule has 0 aliphatic carbocycles. The molecule has 1 saturated heterocycles. The maximum absolute atomic E-state index is 13.9. The van der Waals surface area contributed by atoms with Gasteiger partial charge < -0.3 is 14.8 Å². The van der Waals surface area contributed by atoms with Crippen LogP contribution in [0.5, 0.6) is 0 Å². The molecule has 1 aromatic carbocycles. The molecule has 0 radical (unpaired) electrons. The lowest BCUT2D eigenvalue weighted by atomic mass is 9.80. The van der Waals surface area contributed by atoms with Crippen LogP contribution in [-0.4, -0.2) is 53.5 Å². The van der Waals surface area contributed by atoms with E-state index in [9.17, 15) is 19.7 Å². The maximum Gasteiger partial charge on any atom is 0.337 e. The standard InChI is InChI=1S/C26H30N4O6S/c1-16-21(25(31)35-3)23(18-8-7-9-19(14-18)30(33)34)22(17(2)28-16)26(32)36-20(24-27-10-13-37-24)15-29-11-5-4-6-12-29/h7-10,13-14,20,23,28H,4-6,11-12,15H2,1-3H3. The third-order valence-electron chi connectivity index (χ3n) is 6.65. The number of likely N-dealkylation sites (tertiary alicyclic amines) is 1. The molecule has 1 N–H and O–H groups in total. The molecule has 1 aromatic heterocycles. The lowest BCUT2D eigenvalue weighted by Crippen LogP contribution is -2.36. The summed E-state index contributed by atoms with van der Waals surface area (Å²) in [6.45, 7) is 5.79. The number of carbonyl (C=O) groups is 2. The monoisotopic (exact) mass is 526 g/mol. The van der Waals surface area contributed by atoms with Crippen LogP contribution in [-0.2, 0) is 19.1 Å². The van der Waals surface area contributed by atoms with Crippen molar-refractivity contribution in [3.63, 3.8) is 0 Å². The Morgan fingerprint density at radius 3 is 2.51 bits per heavy atom. The summed E-state index contributed by atoms with van der Waals surface area (Å²) in [5.74, 6) is -2.16. The van der Waals surface area contributed by atoms with Crippen LogP contribution in [0.25, 0.3) is 0 Å². The second-order valence-corrected chi connectivity index (χ2v) is 10.0. The van der Waals surface area contributed by atoms with E-state index in [-0.39, 0.29) is 16.8 Å². The number of piperidine rings is 1. The summed E-state index contributed by atoms with van der Waals surface area (Å²) in [5, 5.41) is 17.1. The average molecular weight is 527 g/mol. The van der Waals surface area contributed by atoms with Gasteiger partial charge in [-0.3, -0.25) is 15.0 Å². The highest BCUT2D eigenvalue weighted by Crippen LogP contribution is 2.41. The fourth-order valence-corrected chi connectivity index (χ4v) is 5.58. The minimum Gasteiger partial charge on any atom is -0.466 e. The largest absolute Gasteiger partial charge is 0.466 e. The van der Waals surface area contributed by atoms with Crippen LogP contribution >= 0.6 is 11.3 Å². The van der Waals surface area contributed by atoms with Crippen LogP contribution in [0.1, 0.15) is 55.7 Å². The predicted octanol–water partition coefficient (Wildman–Crippen LogP) is 4.23. The number of nitro benzene ring substituents is 1. The van der Waals surface area contributed by atoms with Crippen molar-refractivity contribution in [2.75, 3.05) is 26.7 Å². The Kier molecular flexibility index (Phi) is 8.34. The first-order valence-corrected chi connectivity index (χ1v) is 13.0. The van der Waals surface area contributed by atoms with Gasteiger partial charge in [0.15, 0.2) is 6.10 Å². The van der Waals surface area contributed by atoms with Crippen LogP contribution in [0.2, 0.25) is 0 Å². The molecule has 2 aliphatic heterocycles. The quantitative estimate of drug-likeness (QED) is 0.306. The molecular weight excluding hydrogens is 496 g/mol. The first kappa shape index (κ1) is 26.5. The molecule has 2 unspecified atom stereocenters. The molecule has 37 heavy (non-hydrogen) atoms. The van der Waals surface area contributed by atoms with E-state index in [1.165, 1.54) is 43.1 Å². The van der Waals surface area contributed by atoms with Gasteiger partial charge in [-0.2, -0.15) is 0 Å². The number of hydrogen-bond acceptors (Lipinski definition) is 10. The van der Waals surface area contributed by atoms with Crippen LogP contribution < -0.4 is 5.32 Å². The van der Waals surface area contributed by atoms with E-state index in [1.54, 1.807) is 26.1 Å². The topological polar surface area (TPSA) is 124 Å². The summed E-state index contributed by atoms with van der Waals surface area (Å²) in [6, 6.07) is 5.93. The Hall–Kier alpha value is -3.57. The summed E-state index contributed by atoms with van der Waals surface area (Å²) in [4.78, 5) is 44.4. The Bertz CT molecular complexity index is 1230. The van der Waals surface area contributed by atoms with E-state index in [0.29, 0.717) is 28.5 Å². The molecule has 0 bridgehead atoms. The molecule has 3 heterocycles. The molecule has 2 aliphatic rings. The number of nitrogens with zero attached hydrogens (tertiary/aromatic N) is 3. The van der Waals surface area contributed by atoms with Gasteiger partial charge in [-0.25, -0.2) is 14.6 Å². The van der Waals surface area contributed by atoms with Gasteiger partial charge in [0.25, 0.3) is 5.69 Å². The van der Waals surface area contributed by atoms with Gasteiger partial charge in [0.05, 0.1) is 29.1 Å². The zero-order valence-electron chi connectivity index (χ0n) is 21.1. The number of nitro groups is 1. The lowest BCUT2D eigenvalue weighted by Gasteiger charge is -2.32. The Morgan fingerprint density at radius 1 is 1.19 bits per heavy atom. The van der Waals surface area contributed by atoms with Crippen LogP contribution in [0, 0.1) is 10.1 Å². The second kappa shape index (κ2) is 11.7. The lowest BCUT2D eigenvalue weighted by molar-refractivity contribution is -0.384. The first-order valence-electron chi connectivity index (χ1n) is 12.1. The van der Waals surface area contributed by atoms with Crippen molar-refractivity contribution in [1.29, 1.82) is 0 Å². The number of non-ortho nitro benzene ring substituents is 1. The van der Waals surface area contributed by atoms with Gasteiger partial charge in [0.2, 0.25) is 0 Å². The van der Waals surface area contributed by atoms with Gasteiger partial charge in [0.1, 0.15) is 5.01 Å². The third kappa shape index (κ3) is 5.89. The number of ether oxygens (including phenoxy) is 2. The normalized spacial score (nSPS) is 19.3. The summed E-state index contributed by atoms with van der Waals surface area (Å²) in [7, 11) is 1.26. The number of hydrogen-bond donors (Lipinski definition) is 1. The molecule has 1 fully saturated rings. The number of benzene rings is 1. The number of nitrogens with one attached hydrogen (secondary N) is 1. The van der Waals surface area contributed by atoms with E-state index >= 15 is 0 Å². The summed E-state index contributed by atoms with van der Waals surface area (Å²) >= 11 is 1.42. The molecule has 11 heteroatoms. The van der Waals surface area contributed by atoms with Gasteiger partial charge in [-0.05, 0) is 45.3 Å². The van der Waals surface area contributed by atoms with E-state index in [0.717, 1.165) is 25.9 Å². The van der Waals surface area contributed by atoms with Gasteiger partial charge in [-0.1, -0.05) is 18.6 Å². The number of dihydropyridines is 1. The molecule has 0 amide bonds. The van der Waals surface area contributed by atoms with E-state index in [2.05, 4.69) is 15.2 Å². The highest BCUT2D eigenvalue weighted by Gasteiger charge is 2.39. The summed E-state index contributed by atoms with van der Waals surface area (Å²) in [5.41, 5.74) is 1.68. The highest BCUT2D eigenvalue weighted by molar-refractivity contribution is 7.09. The van der Waals surface area contributed by atoms with E-state index < -0.39 is 28.9 Å². The molecule has 2 aromatic rings. The zero-order chi connectivity index (χ0) is 26.5. The number of carbonyl (C=O) groups excluding carboxylic acids is 2. The molecular formula is C26H30N4O6S. The van der Waals surface area contributed by atoms with Crippen LogP contribution in [0.15, 0.2) is 58.4 Å². The highest BCUT2D eigenvalue weighted by atomic mass is 32.1. The number of thiazole rings is 1. The van der Waals surface area contributed by atoms with Crippen molar-refractivity contribution in [3.8, 4) is 0 Å². The van der Waals surface area contributed by atoms with Crippen molar-refractivity contribution < 1.29 is 24.0 Å². The minimum absolute atomic E-state index is 0.144. The Morgan fingerprint density at radius 2 is 1.89 bits per heavy atom. The average Bonchev–Trinajstić information content (AvgIpc) is 3.43. The predicted molar refractivity (Wildman–Crippen MR) is 138 cm³/mol. The van der Waals surface area contributed by atoms with Crippen molar-refractivity contribution in [3.05, 3.63) is 79.1 Å². The van der Waals surface area contributed by atoms with Crippen molar-refractivity contribution in [2.45, 2.75) is 45.1 Å². The van der Waals surface area contributed by atoms with Crippen molar-refractivity contribution in [2.24, 2.45) is 0 Å². The van der Waals surface area contributed by atoms with Crippen molar-refractivity contribution in [1.82, 2.24) is 15.2 Å². The molecule has 2 atom stereocenters. The van der Waals surface area contributed by atoms with Crippen LogP contribution in [0.3, 0.4) is 0 Å². The minimum atomic E-state index is -0.909. The fraction of sp³-hybridized carbons (Fsp3) is 0.423. The number of methoxy groups -OCH3 is 1. The fourth-order valence-electron chi connectivity index (χ4n) is 4.92. The SMILES string of the molecule is COC(=O)C1=C(C)NC(C)=C(C(=O)OC(CN2CCCCC2)c2nccs2)C1c1cccc([N+](=O)[O-])c1. The second-order valence-electron chi connectivity index (χ2n) is 9.10. The molecule has 196 valence electrons. The van der Waals surface area contributed by atoms with E-state index in [4.69, 9.17) is 9.47 Å². The Balaban J connectivity index is 1.72. The van der Waals surface area contributed by atoms with Crippen molar-refractivity contribution >= 4 is 29.0 Å². The molecule has 0 spiro atoms. The van der Waals surface area contributed by atoms with Gasteiger partial charge >= 0.3 is 11.9 Å². The number of aromatic nitrogens is 1. The zero-order valence-corrected chi connectivity index (χ0v) is 21.9. The number of esters is 2. The Labute approximate surface area is 219 Å².